The number of phenolic OH excluding ortho intramolecular Hbond substituents is 1. The van der Waals surface area contributed by atoms with Crippen LogP contribution in [0.4, 0.5) is 0 Å². The number of hydrogen-bond acceptors (Lipinski definition) is 5. The van der Waals surface area contributed by atoms with Crippen LogP contribution < -0.4 is 22.9 Å². The van der Waals surface area contributed by atoms with E-state index in [1.807, 2.05) is 0 Å². The van der Waals surface area contributed by atoms with Crippen LogP contribution >= 0.6 is 0 Å². The number of amides is 2. The van der Waals surface area contributed by atoms with Crippen molar-refractivity contribution in [2.45, 2.75) is 24.9 Å². The summed E-state index contributed by atoms with van der Waals surface area (Å²) in [6.45, 7) is 0. The summed E-state index contributed by atoms with van der Waals surface area (Å²) < 4.78 is 0. The van der Waals surface area contributed by atoms with Gasteiger partial charge < -0.3 is 28.0 Å². The molecule has 0 spiro atoms. The number of nitrogens with two attached hydrogens (primary N) is 4. The number of aromatic hydroxyl groups is 1. The minimum Gasteiger partial charge on any atom is -0.508 e. The average molecular weight is 266 g/mol. The summed E-state index contributed by atoms with van der Waals surface area (Å²) in [5.74, 6) is -1.15. The van der Waals surface area contributed by atoms with Gasteiger partial charge in [0.15, 0.2) is 0 Å². The Balaban J connectivity index is 2.99. The molecule has 0 aromatic heterocycles. The van der Waals surface area contributed by atoms with Crippen LogP contribution in [0.1, 0.15) is 36.1 Å². The zero-order valence-corrected chi connectivity index (χ0v) is 10.4. The molecule has 2 unspecified atom stereocenters. The number of phenols is 1. The van der Waals surface area contributed by atoms with Gasteiger partial charge in [-0.25, -0.2) is 0 Å². The quantitative estimate of drug-likeness (QED) is 0.452. The van der Waals surface area contributed by atoms with Crippen molar-refractivity contribution >= 4 is 11.8 Å². The monoisotopic (exact) mass is 266 g/mol. The molecule has 0 radical (unpaired) electrons. The van der Waals surface area contributed by atoms with Crippen LogP contribution in [0.25, 0.3) is 0 Å². The van der Waals surface area contributed by atoms with E-state index in [-0.39, 0.29) is 18.6 Å². The van der Waals surface area contributed by atoms with E-state index < -0.39 is 23.9 Å². The second kappa shape index (κ2) is 6.17. The molecule has 9 N–H and O–H groups in total. The van der Waals surface area contributed by atoms with Crippen LogP contribution in [-0.2, 0) is 9.59 Å². The van der Waals surface area contributed by atoms with E-state index in [4.69, 9.17) is 22.9 Å². The Morgan fingerprint density at radius 3 is 2.11 bits per heavy atom. The molecule has 104 valence electrons. The predicted molar refractivity (Wildman–Crippen MR) is 69.6 cm³/mol. The molecule has 0 heterocycles. The van der Waals surface area contributed by atoms with Crippen LogP contribution in [0, 0.1) is 0 Å². The first-order chi connectivity index (χ1) is 8.81. The highest BCUT2D eigenvalue weighted by Gasteiger charge is 2.17. The van der Waals surface area contributed by atoms with E-state index in [0.29, 0.717) is 11.1 Å². The van der Waals surface area contributed by atoms with Gasteiger partial charge in [0, 0.05) is 30.5 Å². The lowest BCUT2D eigenvalue weighted by Crippen LogP contribution is -2.22. The lowest BCUT2D eigenvalue weighted by Gasteiger charge is -2.16. The molecule has 7 heteroatoms. The van der Waals surface area contributed by atoms with Crippen LogP contribution in [0.2, 0.25) is 0 Å². The number of carbonyl (C=O) groups excluding carboxylic acids is 2. The number of rotatable bonds is 6. The molecule has 2 atom stereocenters. The van der Waals surface area contributed by atoms with Gasteiger partial charge in [-0.2, -0.15) is 0 Å². The third-order valence-corrected chi connectivity index (χ3v) is 2.72. The topological polar surface area (TPSA) is 158 Å². The molecule has 0 aliphatic carbocycles. The Morgan fingerprint density at radius 2 is 1.58 bits per heavy atom. The zero-order valence-electron chi connectivity index (χ0n) is 10.4. The molecular formula is C12H18N4O3. The van der Waals surface area contributed by atoms with Crippen molar-refractivity contribution < 1.29 is 14.7 Å². The number of carbonyl (C=O) groups is 2. The van der Waals surface area contributed by atoms with Crippen LogP contribution in [0.3, 0.4) is 0 Å². The van der Waals surface area contributed by atoms with E-state index in [0.717, 1.165) is 0 Å². The first kappa shape index (κ1) is 14.9. The smallest absolute Gasteiger partial charge is 0.219 e. The normalized spacial score (nSPS) is 13.8. The fourth-order valence-electron chi connectivity index (χ4n) is 1.76. The van der Waals surface area contributed by atoms with Gasteiger partial charge in [0.2, 0.25) is 11.8 Å². The fourth-order valence-corrected chi connectivity index (χ4v) is 1.76. The van der Waals surface area contributed by atoms with E-state index in [9.17, 15) is 14.7 Å². The summed E-state index contributed by atoms with van der Waals surface area (Å²) in [5.41, 5.74) is 22.7. The minimum absolute atomic E-state index is 0.0186. The number of benzene rings is 1. The van der Waals surface area contributed by atoms with E-state index in [2.05, 4.69) is 0 Å². The van der Waals surface area contributed by atoms with E-state index in [1.54, 1.807) is 12.1 Å². The van der Waals surface area contributed by atoms with E-state index in [1.165, 1.54) is 6.07 Å². The SMILES string of the molecule is NC(=O)CC(N)c1ccc(O)c(C(N)CC(N)=O)c1. The second-order valence-electron chi connectivity index (χ2n) is 4.37. The van der Waals surface area contributed by atoms with Gasteiger partial charge in [-0.3, -0.25) is 9.59 Å². The average Bonchev–Trinajstić information content (AvgIpc) is 2.27. The Bertz CT molecular complexity index is 490. The maximum atomic E-state index is 10.8. The van der Waals surface area contributed by atoms with Gasteiger partial charge in [-0.05, 0) is 17.7 Å². The summed E-state index contributed by atoms with van der Waals surface area (Å²) in [4.78, 5) is 21.7. The van der Waals surface area contributed by atoms with Crippen molar-refractivity contribution in [3.8, 4) is 5.75 Å². The van der Waals surface area contributed by atoms with E-state index >= 15 is 0 Å². The summed E-state index contributed by atoms with van der Waals surface area (Å²) in [7, 11) is 0. The first-order valence-electron chi connectivity index (χ1n) is 5.71. The molecule has 2 amide bonds. The van der Waals surface area contributed by atoms with Gasteiger partial charge in [-0.15, -0.1) is 0 Å². The molecule has 19 heavy (non-hydrogen) atoms. The number of hydrogen-bond donors (Lipinski definition) is 5. The molecule has 7 nitrogen and oxygen atoms in total. The lowest BCUT2D eigenvalue weighted by molar-refractivity contribution is -0.119. The Morgan fingerprint density at radius 1 is 1.05 bits per heavy atom. The predicted octanol–water partition coefficient (Wildman–Crippen LogP) is -0.857. The second-order valence-corrected chi connectivity index (χ2v) is 4.37. The Hall–Kier alpha value is -2.12. The molecule has 0 aliphatic heterocycles. The van der Waals surface area contributed by atoms with Crippen molar-refractivity contribution in [1.82, 2.24) is 0 Å². The summed E-state index contributed by atoms with van der Waals surface area (Å²) in [6, 6.07) is 3.22. The van der Waals surface area contributed by atoms with Crippen molar-refractivity contribution in [1.29, 1.82) is 0 Å². The molecule has 0 saturated heterocycles. The van der Waals surface area contributed by atoms with Gasteiger partial charge in [0.05, 0.1) is 0 Å². The van der Waals surface area contributed by atoms with Crippen molar-refractivity contribution in [3.05, 3.63) is 29.3 Å². The van der Waals surface area contributed by atoms with Crippen LogP contribution in [-0.4, -0.2) is 16.9 Å². The maximum absolute atomic E-state index is 10.8. The summed E-state index contributed by atoms with van der Waals surface area (Å²) in [5, 5.41) is 9.72. The lowest BCUT2D eigenvalue weighted by atomic mass is 9.96. The van der Waals surface area contributed by atoms with Crippen molar-refractivity contribution in [2.75, 3.05) is 0 Å². The summed E-state index contributed by atoms with van der Waals surface area (Å²) in [6.07, 6.45) is -0.114. The zero-order chi connectivity index (χ0) is 14.6. The Labute approximate surface area is 110 Å². The number of primary amides is 2. The molecule has 0 aliphatic rings. The first-order valence-corrected chi connectivity index (χ1v) is 5.71. The highest BCUT2D eigenvalue weighted by atomic mass is 16.3. The largest absolute Gasteiger partial charge is 0.508 e. The molecule has 0 saturated carbocycles. The standard InChI is InChI=1S/C12H18N4O3/c13-8(4-11(15)18)6-1-2-10(17)7(3-6)9(14)5-12(16)19/h1-3,8-9,17H,4-5,13-14H2,(H2,15,18)(H2,16,19). The highest BCUT2D eigenvalue weighted by molar-refractivity contribution is 5.75. The molecule has 0 bridgehead atoms. The molecular weight excluding hydrogens is 248 g/mol. The van der Waals surface area contributed by atoms with Crippen LogP contribution in [0.15, 0.2) is 18.2 Å². The van der Waals surface area contributed by atoms with Gasteiger partial charge in [0.25, 0.3) is 0 Å². The highest BCUT2D eigenvalue weighted by Crippen LogP contribution is 2.28. The maximum Gasteiger partial charge on any atom is 0.219 e. The fraction of sp³-hybridized carbons (Fsp3) is 0.333. The molecule has 1 aromatic carbocycles. The van der Waals surface area contributed by atoms with Gasteiger partial charge in [0.1, 0.15) is 5.75 Å². The molecule has 1 aromatic rings. The van der Waals surface area contributed by atoms with Crippen molar-refractivity contribution in [2.24, 2.45) is 22.9 Å². The van der Waals surface area contributed by atoms with Gasteiger partial charge in [-0.1, -0.05) is 6.07 Å². The molecule has 0 fully saturated rings. The minimum atomic E-state index is -0.724. The van der Waals surface area contributed by atoms with Crippen LogP contribution in [0.5, 0.6) is 5.75 Å². The third kappa shape index (κ3) is 4.23. The van der Waals surface area contributed by atoms with Crippen molar-refractivity contribution in [3.63, 3.8) is 0 Å². The Kier molecular flexibility index (Phi) is 4.85. The van der Waals surface area contributed by atoms with Gasteiger partial charge >= 0.3 is 0 Å². The molecule has 1 rings (SSSR count). The third-order valence-electron chi connectivity index (χ3n) is 2.72. The summed E-state index contributed by atoms with van der Waals surface area (Å²) >= 11 is 0.